The van der Waals surface area contributed by atoms with Crippen molar-refractivity contribution in [3.8, 4) is 39.5 Å². The number of furan rings is 1. The molecular formula is C50H46IrN4OSi-2. The Labute approximate surface area is 357 Å². The minimum absolute atomic E-state index is 0. The van der Waals surface area contributed by atoms with Gasteiger partial charge in [0.2, 0.25) is 5.71 Å². The van der Waals surface area contributed by atoms with Crippen LogP contribution in [0.2, 0.25) is 19.6 Å². The van der Waals surface area contributed by atoms with Crippen molar-refractivity contribution in [3.05, 3.63) is 163 Å². The first kappa shape index (κ1) is 33.7. The fraction of sp³-hybridized carbons (Fsp3) is 0.180. The van der Waals surface area contributed by atoms with Crippen molar-refractivity contribution in [1.82, 2.24) is 19.5 Å². The molecule has 5 nitrogen and oxygen atoms in total. The first-order valence-corrected chi connectivity index (χ1v) is 22.4. The molecule has 7 heteroatoms. The summed E-state index contributed by atoms with van der Waals surface area (Å²) in [7, 11) is -1.78. The maximum atomic E-state index is 8.59. The van der Waals surface area contributed by atoms with Crippen molar-refractivity contribution in [1.29, 1.82) is 0 Å². The molecule has 0 spiro atoms. The summed E-state index contributed by atoms with van der Waals surface area (Å²) >= 11 is 0. The number of imidazole rings is 1. The van der Waals surface area contributed by atoms with Crippen molar-refractivity contribution in [2.75, 3.05) is 0 Å². The monoisotopic (exact) mass is 944 g/mol. The molecule has 287 valence electrons. The van der Waals surface area contributed by atoms with Gasteiger partial charge in [0.1, 0.15) is 0 Å². The van der Waals surface area contributed by atoms with Gasteiger partial charge in [-0.3, -0.25) is 4.98 Å². The van der Waals surface area contributed by atoms with Gasteiger partial charge in [0.05, 0.1) is 30.5 Å². The van der Waals surface area contributed by atoms with E-state index in [9.17, 15) is 0 Å². The van der Waals surface area contributed by atoms with Crippen LogP contribution in [0.3, 0.4) is 0 Å². The first-order chi connectivity index (χ1) is 29.0. The SMILES string of the molecule is Cc1ccc2c(n1)oc1c(-c3nc4ccccc4n3-c3ccccc3-c3ccccc3)[c-]ccc12.[2H]C([2H])([2H])c1c[c-]c(-c2cc(C([2H])([2H])C(C)C)c([Si](C)(C)C)cn2)cc1.[Ir]. The molecule has 0 amide bonds. The smallest absolute Gasteiger partial charge is 0.216 e. The van der Waals surface area contributed by atoms with E-state index in [1.165, 1.54) is 6.07 Å². The summed E-state index contributed by atoms with van der Waals surface area (Å²) in [6, 6.07) is 48.1. The zero-order valence-electron chi connectivity index (χ0n) is 37.8. The van der Waals surface area contributed by atoms with E-state index < -0.39 is 21.3 Å². The summed E-state index contributed by atoms with van der Waals surface area (Å²) in [5.74, 6) is 0.616. The van der Waals surface area contributed by atoms with Crippen molar-refractivity contribution in [2.45, 2.75) is 53.6 Å². The molecule has 0 aliphatic carbocycles. The number of aryl methyl sites for hydroxylation is 2. The number of para-hydroxylation sites is 3. The van der Waals surface area contributed by atoms with E-state index in [0.29, 0.717) is 22.5 Å². The maximum Gasteiger partial charge on any atom is 0.216 e. The number of aromatic nitrogens is 4. The van der Waals surface area contributed by atoms with Gasteiger partial charge in [0.15, 0.2) is 0 Å². The minimum Gasteiger partial charge on any atom is -0.486 e. The van der Waals surface area contributed by atoms with Crippen LogP contribution >= 0.6 is 0 Å². The van der Waals surface area contributed by atoms with Crippen molar-refractivity contribution >= 4 is 46.4 Å². The van der Waals surface area contributed by atoms with E-state index in [0.717, 1.165) is 66.5 Å². The third-order valence-electron chi connectivity index (χ3n) is 9.70. The molecule has 0 aliphatic rings. The van der Waals surface area contributed by atoms with Crippen molar-refractivity contribution in [3.63, 3.8) is 0 Å². The fourth-order valence-electron chi connectivity index (χ4n) is 7.06. The van der Waals surface area contributed by atoms with Gasteiger partial charge in [-0.15, -0.1) is 53.6 Å². The number of benzene rings is 5. The van der Waals surface area contributed by atoms with Crippen LogP contribution in [0, 0.1) is 31.8 Å². The van der Waals surface area contributed by atoms with Crippen LogP contribution in [0.25, 0.3) is 72.6 Å². The van der Waals surface area contributed by atoms with Crippen LogP contribution in [0.5, 0.6) is 0 Å². The van der Waals surface area contributed by atoms with Gasteiger partial charge in [0.25, 0.3) is 0 Å². The second kappa shape index (κ2) is 16.6. The fourth-order valence-corrected chi connectivity index (χ4v) is 8.47. The van der Waals surface area contributed by atoms with Crippen LogP contribution < -0.4 is 5.19 Å². The quantitative estimate of drug-likeness (QED) is 0.118. The molecule has 0 bridgehead atoms. The van der Waals surface area contributed by atoms with Gasteiger partial charge in [0, 0.05) is 55.5 Å². The Hall–Kier alpha value is -5.46. The third kappa shape index (κ3) is 8.19. The van der Waals surface area contributed by atoms with Gasteiger partial charge in [-0.25, -0.2) is 4.98 Å². The number of rotatable bonds is 7. The molecule has 1 radical (unpaired) electrons. The molecule has 0 saturated carbocycles. The molecule has 57 heavy (non-hydrogen) atoms. The summed E-state index contributed by atoms with van der Waals surface area (Å²) in [5, 5.41) is 3.02. The number of hydrogen-bond donors (Lipinski definition) is 0. The molecular weight excluding hydrogens is 893 g/mol. The van der Waals surface area contributed by atoms with Crippen LogP contribution in [0.4, 0.5) is 0 Å². The van der Waals surface area contributed by atoms with E-state index >= 15 is 0 Å². The summed E-state index contributed by atoms with van der Waals surface area (Å²) in [6.07, 6.45) is 0.328. The molecule has 0 atom stereocenters. The molecule has 4 aromatic heterocycles. The summed E-state index contributed by atoms with van der Waals surface area (Å²) < 4.78 is 48.1. The standard InChI is InChI=1S/C31H20N3O.C19H26NSi.Ir/c1-20-18-19-24-23-13-9-14-25(29(23)35-31(24)32-20)30-33-26-15-6-8-17-28(26)34(30)27-16-7-5-12-22(27)21-10-3-2-4-11-21;1-14(2)11-17-12-18(16-9-7-15(3)8-10-16)20-13-19(17)21(4,5)6;/h2-13,15-19H,1H3;7-9,12-14H,11H2,1-6H3;/q2*-1;/i;3D3,11D2;. The molecule has 0 unspecified atom stereocenters. The second-order valence-corrected chi connectivity index (χ2v) is 20.3. The van der Waals surface area contributed by atoms with Gasteiger partial charge >= 0.3 is 0 Å². The molecule has 9 rings (SSSR count). The molecule has 0 N–H and O–H groups in total. The minimum atomic E-state index is -2.16. The largest absolute Gasteiger partial charge is 0.486 e. The molecule has 0 fully saturated rings. The number of hydrogen-bond acceptors (Lipinski definition) is 4. The van der Waals surface area contributed by atoms with Crippen LogP contribution in [0.15, 0.2) is 138 Å². The Morgan fingerprint density at radius 1 is 0.842 bits per heavy atom. The average Bonchev–Trinajstić information content (AvgIpc) is 3.81. The number of nitrogens with zero attached hydrogens (tertiary/aromatic N) is 4. The van der Waals surface area contributed by atoms with E-state index in [2.05, 4.69) is 107 Å². The Morgan fingerprint density at radius 2 is 1.61 bits per heavy atom. The predicted octanol–water partition coefficient (Wildman–Crippen LogP) is 12.4. The Balaban J connectivity index is 0.000000193. The van der Waals surface area contributed by atoms with Crippen LogP contribution in [0.1, 0.15) is 37.5 Å². The maximum absolute atomic E-state index is 8.59. The predicted molar refractivity (Wildman–Crippen MR) is 235 cm³/mol. The van der Waals surface area contributed by atoms with Gasteiger partial charge in [-0.2, -0.15) is 0 Å². The van der Waals surface area contributed by atoms with Crippen molar-refractivity contribution in [2.24, 2.45) is 5.92 Å². The van der Waals surface area contributed by atoms with Gasteiger partial charge in [-0.1, -0.05) is 124 Å². The molecule has 0 aliphatic heterocycles. The topological polar surface area (TPSA) is 56.7 Å². The van der Waals surface area contributed by atoms with Gasteiger partial charge in [-0.05, 0) is 66.0 Å². The third-order valence-corrected chi connectivity index (χ3v) is 11.7. The Bertz CT molecular complexity index is 3030. The molecule has 9 aromatic rings. The normalized spacial score (nSPS) is 13.3. The first-order valence-electron chi connectivity index (χ1n) is 21.4. The van der Waals surface area contributed by atoms with Crippen LogP contribution in [-0.2, 0) is 26.5 Å². The Kier molecular flexibility index (Phi) is 9.78. The number of fused-ring (bicyclic) bond motifs is 4. The van der Waals surface area contributed by atoms with E-state index in [1.54, 1.807) is 18.3 Å². The molecule has 5 aromatic carbocycles. The van der Waals surface area contributed by atoms with E-state index in [4.69, 9.17) is 16.3 Å². The molecule has 4 heterocycles. The van der Waals surface area contributed by atoms with Gasteiger partial charge < -0.3 is 14.0 Å². The zero-order chi connectivity index (χ0) is 43.3. The van der Waals surface area contributed by atoms with E-state index in [1.807, 2.05) is 69.3 Å². The molecule has 0 saturated heterocycles. The summed E-state index contributed by atoms with van der Waals surface area (Å²) in [5.41, 5.74) is 10.6. The van der Waals surface area contributed by atoms with Crippen molar-refractivity contribution < 1.29 is 31.4 Å². The van der Waals surface area contributed by atoms with E-state index in [-0.39, 0.29) is 31.6 Å². The average molecular weight is 944 g/mol. The zero-order valence-corrected chi connectivity index (χ0v) is 36.2. The summed E-state index contributed by atoms with van der Waals surface area (Å²) in [4.78, 5) is 14.2. The van der Waals surface area contributed by atoms with Crippen LogP contribution in [-0.4, -0.2) is 27.6 Å². The Morgan fingerprint density at radius 3 is 2.37 bits per heavy atom. The summed E-state index contributed by atoms with van der Waals surface area (Å²) in [6.45, 7) is 10.1. The number of pyridine rings is 2. The second-order valence-electron chi connectivity index (χ2n) is 15.3.